The Labute approximate surface area is 60.8 Å². The number of halogens is 1. The van der Waals surface area contributed by atoms with Gasteiger partial charge in [-0.25, -0.2) is 0 Å². The fourth-order valence-electron chi connectivity index (χ4n) is 0.502. The van der Waals surface area contributed by atoms with Crippen LogP contribution in [-0.2, 0) is 0 Å². The molecule has 0 aliphatic carbocycles. The summed E-state index contributed by atoms with van der Waals surface area (Å²) in [7, 11) is 0. The number of aromatic nitrogens is 1. The third-order valence-corrected chi connectivity index (χ3v) is 1.60. The Morgan fingerprint density at radius 3 is 2.78 bits per heavy atom. The standard InChI is InChI=1S/C5H6BrNO2/c1-3(8)4-2-9-7-5(4)6/h2-3,8H,1H3. The third-order valence-electron chi connectivity index (χ3n) is 1.00. The van der Waals surface area contributed by atoms with Gasteiger partial charge in [-0.2, -0.15) is 0 Å². The molecule has 9 heavy (non-hydrogen) atoms. The number of hydrogen-bond acceptors (Lipinski definition) is 3. The quantitative estimate of drug-likeness (QED) is 0.732. The molecule has 0 aliphatic heterocycles. The van der Waals surface area contributed by atoms with Crippen molar-refractivity contribution < 1.29 is 9.63 Å². The minimum absolute atomic E-state index is 0.523. The number of hydrogen-bond donors (Lipinski definition) is 1. The molecule has 0 bridgehead atoms. The molecule has 1 unspecified atom stereocenters. The van der Waals surface area contributed by atoms with Gasteiger partial charge >= 0.3 is 0 Å². The molecule has 1 rings (SSSR count). The van der Waals surface area contributed by atoms with E-state index in [2.05, 4.69) is 25.6 Å². The second-order valence-electron chi connectivity index (χ2n) is 1.74. The van der Waals surface area contributed by atoms with Crippen molar-refractivity contribution >= 4 is 15.9 Å². The molecule has 0 amide bonds. The van der Waals surface area contributed by atoms with Gasteiger partial charge in [0, 0.05) is 0 Å². The van der Waals surface area contributed by atoms with Gasteiger partial charge < -0.3 is 9.63 Å². The highest BCUT2D eigenvalue weighted by Gasteiger charge is 2.08. The van der Waals surface area contributed by atoms with Crippen molar-refractivity contribution in [1.82, 2.24) is 5.16 Å². The summed E-state index contributed by atoms with van der Waals surface area (Å²) < 4.78 is 5.12. The van der Waals surface area contributed by atoms with Crippen LogP contribution >= 0.6 is 15.9 Å². The van der Waals surface area contributed by atoms with Gasteiger partial charge in [-0.3, -0.25) is 0 Å². The van der Waals surface area contributed by atoms with E-state index < -0.39 is 6.10 Å². The molecule has 0 aliphatic rings. The van der Waals surface area contributed by atoms with E-state index in [1.54, 1.807) is 6.92 Å². The first-order valence-electron chi connectivity index (χ1n) is 2.49. The van der Waals surface area contributed by atoms with Crippen LogP contribution < -0.4 is 0 Å². The lowest BCUT2D eigenvalue weighted by Gasteiger charge is -1.95. The second kappa shape index (κ2) is 2.49. The minimum atomic E-state index is -0.523. The highest BCUT2D eigenvalue weighted by Crippen LogP contribution is 2.20. The maximum Gasteiger partial charge on any atom is 0.154 e. The fourth-order valence-corrected chi connectivity index (χ4v) is 1.01. The number of aliphatic hydroxyl groups is 1. The summed E-state index contributed by atoms with van der Waals surface area (Å²) in [4.78, 5) is 0. The highest BCUT2D eigenvalue weighted by atomic mass is 79.9. The second-order valence-corrected chi connectivity index (χ2v) is 2.49. The highest BCUT2D eigenvalue weighted by molar-refractivity contribution is 9.10. The predicted octanol–water partition coefficient (Wildman–Crippen LogP) is 1.49. The van der Waals surface area contributed by atoms with Crippen molar-refractivity contribution in [3.05, 3.63) is 16.4 Å². The van der Waals surface area contributed by atoms with Gasteiger partial charge in [0.1, 0.15) is 6.26 Å². The van der Waals surface area contributed by atoms with E-state index in [4.69, 9.17) is 5.11 Å². The molecule has 0 saturated carbocycles. The molecular weight excluding hydrogens is 186 g/mol. The van der Waals surface area contributed by atoms with Crippen molar-refractivity contribution in [2.45, 2.75) is 13.0 Å². The number of rotatable bonds is 1. The molecule has 50 valence electrons. The van der Waals surface area contributed by atoms with E-state index in [1.165, 1.54) is 6.26 Å². The molecule has 1 aromatic heterocycles. The van der Waals surface area contributed by atoms with Crippen LogP contribution in [0.1, 0.15) is 18.6 Å². The lowest BCUT2D eigenvalue weighted by Crippen LogP contribution is -1.87. The summed E-state index contributed by atoms with van der Waals surface area (Å²) in [5.74, 6) is 0. The normalized spacial score (nSPS) is 13.7. The molecular formula is C5H6BrNO2. The van der Waals surface area contributed by atoms with E-state index in [0.29, 0.717) is 10.2 Å². The molecule has 3 nitrogen and oxygen atoms in total. The average molecular weight is 192 g/mol. The molecule has 1 atom stereocenters. The number of nitrogens with zero attached hydrogens (tertiary/aromatic N) is 1. The van der Waals surface area contributed by atoms with Gasteiger partial charge in [-0.1, -0.05) is 5.16 Å². The monoisotopic (exact) mass is 191 g/mol. The Hall–Kier alpha value is -0.350. The third kappa shape index (κ3) is 1.31. The van der Waals surface area contributed by atoms with Crippen LogP contribution in [0.25, 0.3) is 0 Å². The summed E-state index contributed by atoms with van der Waals surface area (Å²) in [6, 6.07) is 0. The van der Waals surface area contributed by atoms with Crippen molar-refractivity contribution in [2.75, 3.05) is 0 Å². The molecule has 0 spiro atoms. The molecule has 0 fully saturated rings. The molecule has 0 aromatic carbocycles. The molecule has 1 heterocycles. The van der Waals surface area contributed by atoms with Crippen LogP contribution in [-0.4, -0.2) is 10.3 Å². The summed E-state index contributed by atoms with van der Waals surface area (Å²) in [5.41, 5.74) is 0.676. The molecule has 0 saturated heterocycles. The zero-order chi connectivity index (χ0) is 6.85. The number of aliphatic hydroxyl groups excluding tert-OH is 1. The van der Waals surface area contributed by atoms with Crippen molar-refractivity contribution in [2.24, 2.45) is 0 Å². The maximum absolute atomic E-state index is 8.96. The zero-order valence-corrected chi connectivity index (χ0v) is 6.42. The lowest BCUT2D eigenvalue weighted by atomic mass is 10.2. The predicted molar refractivity (Wildman–Crippen MR) is 34.8 cm³/mol. The van der Waals surface area contributed by atoms with Gasteiger partial charge in [0.15, 0.2) is 4.60 Å². The molecule has 1 aromatic rings. The fraction of sp³-hybridized carbons (Fsp3) is 0.400. The van der Waals surface area contributed by atoms with Gasteiger partial charge in [0.05, 0.1) is 11.7 Å². The van der Waals surface area contributed by atoms with Gasteiger partial charge in [0.2, 0.25) is 0 Å². The first-order valence-corrected chi connectivity index (χ1v) is 3.29. The van der Waals surface area contributed by atoms with Crippen LogP contribution in [0.4, 0.5) is 0 Å². The van der Waals surface area contributed by atoms with Crippen LogP contribution in [0.3, 0.4) is 0 Å². The van der Waals surface area contributed by atoms with E-state index in [-0.39, 0.29) is 0 Å². The van der Waals surface area contributed by atoms with Crippen LogP contribution in [0.15, 0.2) is 15.4 Å². The molecule has 1 N–H and O–H groups in total. The van der Waals surface area contributed by atoms with Crippen molar-refractivity contribution in [1.29, 1.82) is 0 Å². The van der Waals surface area contributed by atoms with Crippen molar-refractivity contribution in [3.8, 4) is 0 Å². The van der Waals surface area contributed by atoms with E-state index in [9.17, 15) is 0 Å². The summed E-state index contributed by atoms with van der Waals surface area (Å²) in [6.07, 6.45) is 0.889. The maximum atomic E-state index is 8.96. The first kappa shape index (κ1) is 6.77. The SMILES string of the molecule is CC(O)c1conc1Br. The van der Waals surface area contributed by atoms with Crippen LogP contribution in [0.2, 0.25) is 0 Å². The largest absolute Gasteiger partial charge is 0.388 e. The smallest absolute Gasteiger partial charge is 0.154 e. The summed E-state index contributed by atoms with van der Waals surface area (Å²) in [6.45, 7) is 1.65. The first-order chi connectivity index (χ1) is 4.22. The minimum Gasteiger partial charge on any atom is -0.388 e. The van der Waals surface area contributed by atoms with E-state index >= 15 is 0 Å². The van der Waals surface area contributed by atoms with Gasteiger partial charge in [-0.05, 0) is 22.9 Å². The Morgan fingerprint density at radius 1 is 1.89 bits per heavy atom. The van der Waals surface area contributed by atoms with Gasteiger partial charge in [0.25, 0.3) is 0 Å². The Morgan fingerprint density at radius 2 is 2.56 bits per heavy atom. The van der Waals surface area contributed by atoms with E-state index in [0.717, 1.165) is 0 Å². The zero-order valence-electron chi connectivity index (χ0n) is 4.84. The molecule has 4 heteroatoms. The topological polar surface area (TPSA) is 46.3 Å². The van der Waals surface area contributed by atoms with Crippen molar-refractivity contribution in [3.63, 3.8) is 0 Å². The summed E-state index contributed by atoms with van der Waals surface area (Å²) >= 11 is 3.10. The summed E-state index contributed by atoms with van der Waals surface area (Å²) in [5, 5.41) is 12.5. The average Bonchev–Trinajstić information content (AvgIpc) is 2.13. The van der Waals surface area contributed by atoms with E-state index in [1.807, 2.05) is 0 Å². The van der Waals surface area contributed by atoms with Gasteiger partial charge in [-0.15, -0.1) is 0 Å². The Kier molecular flexibility index (Phi) is 1.87. The van der Waals surface area contributed by atoms with Crippen LogP contribution in [0.5, 0.6) is 0 Å². The molecule has 0 radical (unpaired) electrons. The van der Waals surface area contributed by atoms with Crippen LogP contribution in [0, 0.1) is 0 Å². The Balaban J connectivity index is 2.94. The Bertz CT molecular complexity index is 197. The lowest BCUT2D eigenvalue weighted by molar-refractivity contribution is 0.197.